The zero-order chi connectivity index (χ0) is 16.1. The minimum Gasteiger partial charge on any atom is -0.494 e. The Bertz CT molecular complexity index is 773. The Hall–Kier alpha value is -2.47. The molecule has 0 atom stereocenters. The van der Waals surface area contributed by atoms with Crippen LogP contribution in [-0.4, -0.2) is 21.5 Å². The molecule has 23 heavy (non-hydrogen) atoms. The van der Waals surface area contributed by atoms with Crippen molar-refractivity contribution in [3.05, 3.63) is 60.2 Å². The molecule has 3 rings (SSSR count). The summed E-state index contributed by atoms with van der Waals surface area (Å²) in [5, 5.41) is 9.09. The fourth-order valence-electron chi connectivity index (χ4n) is 2.19. The number of benzene rings is 2. The van der Waals surface area contributed by atoms with E-state index in [-0.39, 0.29) is 0 Å². The summed E-state index contributed by atoms with van der Waals surface area (Å²) < 4.78 is 7.04. The molecule has 0 saturated carbocycles. The fraction of sp³-hybridized carbons (Fsp3) is 0.176. The Kier molecular flexibility index (Phi) is 4.83. The van der Waals surface area contributed by atoms with Crippen molar-refractivity contribution in [2.24, 2.45) is 0 Å². The van der Waals surface area contributed by atoms with Crippen molar-refractivity contribution in [2.45, 2.75) is 17.8 Å². The van der Waals surface area contributed by atoms with Crippen LogP contribution in [0.25, 0.3) is 11.4 Å². The van der Waals surface area contributed by atoms with Crippen molar-refractivity contribution in [1.82, 2.24) is 14.9 Å². The Balaban J connectivity index is 1.77. The number of hydrogen-bond donors (Lipinski definition) is 1. The Morgan fingerprint density at radius 1 is 1.09 bits per heavy atom. The molecule has 3 aromatic rings. The largest absolute Gasteiger partial charge is 0.494 e. The highest BCUT2D eigenvalue weighted by Gasteiger charge is 2.12. The first-order valence-corrected chi connectivity index (χ1v) is 8.37. The molecule has 2 N–H and O–H groups in total. The summed E-state index contributed by atoms with van der Waals surface area (Å²) >= 11 is 1.56. The second-order valence-corrected chi connectivity index (χ2v) is 5.85. The highest BCUT2D eigenvalue weighted by Crippen LogP contribution is 2.26. The van der Waals surface area contributed by atoms with Crippen molar-refractivity contribution in [3.8, 4) is 17.1 Å². The number of thioether (sulfide) groups is 1. The molecule has 1 aromatic heterocycles. The standard InChI is InChI=1S/C17H18N4OS/c1-2-22-15-10-6-9-14(11-15)16-19-20-17(21(16)18)23-12-13-7-4-3-5-8-13/h3-11H,2,12,18H2,1H3. The molecule has 0 bridgehead atoms. The zero-order valence-electron chi connectivity index (χ0n) is 12.8. The molecule has 0 spiro atoms. The molecule has 0 aliphatic rings. The Labute approximate surface area is 139 Å². The molecule has 0 amide bonds. The molecule has 0 aliphatic carbocycles. The lowest BCUT2D eigenvalue weighted by Gasteiger charge is -2.06. The van der Waals surface area contributed by atoms with Crippen LogP contribution >= 0.6 is 11.8 Å². The number of nitrogens with zero attached hydrogens (tertiary/aromatic N) is 3. The van der Waals surface area contributed by atoms with Crippen LogP contribution in [0, 0.1) is 0 Å². The normalized spacial score (nSPS) is 10.7. The molecule has 0 aliphatic heterocycles. The molecule has 0 fully saturated rings. The Morgan fingerprint density at radius 2 is 1.91 bits per heavy atom. The third kappa shape index (κ3) is 3.65. The van der Waals surface area contributed by atoms with E-state index in [1.807, 2.05) is 49.4 Å². The lowest BCUT2D eigenvalue weighted by atomic mass is 10.2. The summed E-state index contributed by atoms with van der Waals surface area (Å²) in [6, 6.07) is 17.9. The molecule has 0 radical (unpaired) electrons. The van der Waals surface area contributed by atoms with Gasteiger partial charge in [-0.2, -0.15) is 0 Å². The van der Waals surface area contributed by atoms with Gasteiger partial charge in [-0.25, -0.2) is 4.68 Å². The molecule has 5 nitrogen and oxygen atoms in total. The van der Waals surface area contributed by atoms with Gasteiger partial charge in [0.2, 0.25) is 5.16 Å². The van der Waals surface area contributed by atoms with E-state index >= 15 is 0 Å². The van der Waals surface area contributed by atoms with Crippen LogP contribution in [0.4, 0.5) is 0 Å². The van der Waals surface area contributed by atoms with Crippen molar-refractivity contribution < 1.29 is 4.74 Å². The van der Waals surface area contributed by atoms with Gasteiger partial charge in [-0.15, -0.1) is 10.2 Å². The number of nitrogen functional groups attached to an aromatic ring is 1. The van der Waals surface area contributed by atoms with Gasteiger partial charge in [-0.1, -0.05) is 54.2 Å². The van der Waals surface area contributed by atoms with Crippen LogP contribution < -0.4 is 10.6 Å². The number of nitrogens with two attached hydrogens (primary N) is 1. The SMILES string of the molecule is CCOc1cccc(-c2nnc(SCc3ccccc3)n2N)c1. The highest BCUT2D eigenvalue weighted by atomic mass is 32.2. The van der Waals surface area contributed by atoms with Gasteiger partial charge in [0.15, 0.2) is 5.82 Å². The van der Waals surface area contributed by atoms with E-state index in [4.69, 9.17) is 10.6 Å². The first kappa shape index (κ1) is 15.4. The number of rotatable bonds is 6. The summed E-state index contributed by atoms with van der Waals surface area (Å²) in [5.74, 6) is 8.38. The predicted octanol–water partition coefficient (Wildman–Crippen LogP) is 3.35. The maximum absolute atomic E-state index is 6.15. The summed E-state index contributed by atoms with van der Waals surface area (Å²) in [6.07, 6.45) is 0. The zero-order valence-corrected chi connectivity index (χ0v) is 13.7. The lowest BCUT2D eigenvalue weighted by Crippen LogP contribution is -2.11. The minimum absolute atomic E-state index is 0.622. The smallest absolute Gasteiger partial charge is 0.210 e. The van der Waals surface area contributed by atoms with E-state index in [9.17, 15) is 0 Å². The van der Waals surface area contributed by atoms with Crippen LogP contribution in [0.5, 0.6) is 5.75 Å². The lowest BCUT2D eigenvalue weighted by molar-refractivity contribution is 0.340. The van der Waals surface area contributed by atoms with Gasteiger partial charge >= 0.3 is 0 Å². The van der Waals surface area contributed by atoms with E-state index < -0.39 is 0 Å². The Morgan fingerprint density at radius 3 is 2.70 bits per heavy atom. The number of aromatic nitrogens is 3. The average Bonchev–Trinajstić information content (AvgIpc) is 2.95. The van der Waals surface area contributed by atoms with Crippen LogP contribution in [-0.2, 0) is 5.75 Å². The van der Waals surface area contributed by atoms with E-state index in [2.05, 4.69) is 22.3 Å². The van der Waals surface area contributed by atoms with E-state index in [0.29, 0.717) is 17.6 Å². The van der Waals surface area contributed by atoms with Gasteiger partial charge in [-0.05, 0) is 24.6 Å². The molecule has 0 unspecified atom stereocenters. The highest BCUT2D eigenvalue weighted by molar-refractivity contribution is 7.98. The number of ether oxygens (including phenoxy) is 1. The summed E-state index contributed by atoms with van der Waals surface area (Å²) in [4.78, 5) is 0. The summed E-state index contributed by atoms with van der Waals surface area (Å²) in [5.41, 5.74) is 2.11. The van der Waals surface area contributed by atoms with E-state index in [1.165, 1.54) is 10.2 Å². The van der Waals surface area contributed by atoms with E-state index in [1.54, 1.807) is 11.8 Å². The molecule has 6 heteroatoms. The second-order valence-electron chi connectivity index (χ2n) is 4.91. The van der Waals surface area contributed by atoms with Gasteiger partial charge < -0.3 is 10.6 Å². The molecular formula is C17H18N4OS. The fourth-order valence-corrected chi connectivity index (χ4v) is 3.00. The maximum atomic E-state index is 6.15. The van der Waals surface area contributed by atoms with Crippen molar-refractivity contribution in [3.63, 3.8) is 0 Å². The van der Waals surface area contributed by atoms with Gasteiger partial charge in [0.25, 0.3) is 0 Å². The quantitative estimate of drug-likeness (QED) is 0.556. The molecule has 0 saturated heterocycles. The minimum atomic E-state index is 0.622. The molecule has 1 heterocycles. The van der Waals surface area contributed by atoms with Crippen LogP contribution in [0.1, 0.15) is 12.5 Å². The van der Waals surface area contributed by atoms with Crippen LogP contribution in [0.2, 0.25) is 0 Å². The van der Waals surface area contributed by atoms with Gasteiger partial charge in [0.1, 0.15) is 5.75 Å². The number of hydrogen-bond acceptors (Lipinski definition) is 5. The van der Waals surface area contributed by atoms with Gasteiger partial charge in [0, 0.05) is 11.3 Å². The third-order valence-corrected chi connectivity index (χ3v) is 4.29. The maximum Gasteiger partial charge on any atom is 0.210 e. The summed E-state index contributed by atoms with van der Waals surface area (Å²) in [7, 11) is 0. The van der Waals surface area contributed by atoms with Crippen molar-refractivity contribution >= 4 is 11.8 Å². The van der Waals surface area contributed by atoms with Crippen molar-refractivity contribution in [1.29, 1.82) is 0 Å². The molecular weight excluding hydrogens is 308 g/mol. The third-order valence-electron chi connectivity index (χ3n) is 3.28. The first-order chi connectivity index (χ1) is 11.3. The van der Waals surface area contributed by atoms with Gasteiger partial charge in [0.05, 0.1) is 6.61 Å². The first-order valence-electron chi connectivity index (χ1n) is 7.38. The van der Waals surface area contributed by atoms with E-state index in [0.717, 1.165) is 17.1 Å². The van der Waals surface area contributed by atoms with Crippen LogP contribution in [0.15, 0.2) is 59.8 Å². The average molecular weight is 326 g/mol. The molecule has 118 valence electrons. The summed E-state index contributed by atoms with van der Waals surface area (Å²) in [6.45, 7) is 2.58. The van der Waals surface area contributed by atoms with Crippen molar-refractivity contribution in [2.75, 3.05) is 12.4 Å². The molecule has 2 aromatic carbocycles. The topological polar surface area (TPSA) is 66.0 Å². The monoisotopic (exact) mass is 326 g/mol. The van der Waals surface area contributed by atoms with Crippen LogP contribution in [0.3, 0.4) is 0 Å². The van der Waals surface area contributed by atoms with Gasteiger partial charge in [-0.3, -0.25) is 0 Å². The predicted molar refractivity (Wildman–Crippen MR) is 92.8 cm³/mol. The second kappa shape index (κ2) is 7.19.